The minimum absolute atomic E-state index is 0.0107. The standard InChI is InChI=1S/C12H19N3O3S/c1-7(2)11(13)12(16)15-9-5-4-8(3)10(6-9)19(14,17)18/h4-7,11H,13H2,1-3H3,(H,15,16)(H2,14,17,18)/t11-/m0/s1. The quantitative estimate of drug-likeness (QED) is 0.749. The van der Waals surface area contributed by atoms with Crippen LogP contribution in [-0.4, -0.2) is 20.4 Å². The summed E-state index contributed by atoms with van der Waals surface area (Å²) < 4.78 is 22.7. The molecule has 0 radical (unpaired) electrons. The third-order valence-corrected chi connectivity index (χ3v) is 3.84. The van der Waals surface area contributed by atoms with Crippen molar-refractivity contribution < 1.29 is 13.2 Å². The second-order valence-corrected chi connectivity index (χ2v) is 6.31. The highest BCUT2D eigenvalue weighted by molar-refractivity contribution is 7.89. The molecule has 0 aliphatic heterocycles. The van der Waals surface area contributed by atoms with Gasteiger partial charge in [0.2, 0.25) is 15.9 Å². The zero-order valence-electron chi connectivity index (χ0n) is 11.2. The lowest BCUT2D eigenvalue weighted by Crippen LogP contribution is -2.39. The van der Waals surface area contributed by atoms with Gasteiger partial charge in [-0.3, -0.25) is 4.79 Å². The lowest BCUT2D eigenvalue weighted by atomic mass is 10.0. The van der Waals surface area contributed by atoms with Gasteiger partial charge in [-0.2, -0.15) is 0 Å². The molecular formula is C12H19N3O3S. The Morgan fingerprint density at radius 2 is 1.89 bits per heavy atom. The van der Waals surface area contributed by atoms with E-state index in [1.807, 2.05) is 13.8 Å². The van der Waals surface area contributed by atoms with Crippen molar-refractivity contribution in [2.45, 2.75) is 31.7 Å². The second-order valence-electron chi connectivity index (χ2n) is 4.78. The Hall–Kier alpha value is -1.44. The summed E-state index contributed by atoms with van der Waals surface area (Å²) in [6.07, 6.45) is 0. The molecule has 1 atom stereocenters. The fraction of sp³-hybridized carbons (Fsp3) is 0.417. The normalized spacial score (nSPS) is 13.4. The van der Waals surface area contributed by atoms with Crippen molar-refractivity contribution in [1.82, 2.24) is 0 Å². The summed E-state index contributed by atoms with van der Waals surface area (Å²) in [4.78, 5) is 11.8. The number of aryl methyl sites for hydroxylation is 1. The molecule has 6 nitrogen and oxygen atoms in total. The maximum atomic E-state index is 11.8. The number of carbonyl (C=O) groups is 1. The minimum Gasteiger partial charge on any atom is -0.325 e. The van der Waals surface area contributed by atoms with E-state index in [-0.39, 0.29) is 16.7 Å². The van der Waals surface area contributed by atoms with Crippen LogP contribution in [0.15, 0.2) is 23.1 Å². The molecule has 5 N–H and O–H groups in total. The summed E-state index contributed by atoms with van der Waals surface area (Å²) in [5.41, 5.74) is 6.59. The van der Waals surface area contributed by atoms with Gasteiger partial charge < -0.3 is 11.1 Å². The predicted molar refractivity (Wildman–Crippen MR) is 74.0 cm³/mol. The molecule has 0 aliphatic rings. The number of rotatable bonds is 4. The summed E-state index contributed by atoms with van der Waals surface area (Å²) in [6, 6.07) is 3.86. The molecule has 1 amide bonds. The lowest BCUT2D eigenvalue weighted by molar-refractivity contribution is -0.118. The third kappa shape index (κ3) is 4.02. The maximum Gasteiger partial charge on any atom is 0.241 e. The third-order valence-electron chi connectivity index (χ3n) is 2.78. The number of hydrogen-bond acceptors (Lipinski definition) is 4. The highest BCUT2D eigenvalue weighted by atomic mass is 32.2. The van der Waals surface area contributed by atoms with Gasteiger partial charge in [0, 0.05) is 5.69 Å². The minimum atomic E-state index is -3.81. The number of nitrogens with one attached hydrogen (secondary N) is 1. The van der Waals surface area contributed by atoms with Crippen LogP contribution < -0.4 is 16.2 Å². The van der Waals surface area contributed by atoms with E-state index in [0.29, 0.717) is 11.3 Å². The summed E-state index contributed by atoms with van der Waals surface area (Å²) in [7, 11) is -3.81. The summed E-state index contributed by atoms with van der Waals surface area (Å²) in [5.74, 6) is -0.373. The molecule has 7 heteroatoms. The molecule has 19 heavy (non-hydrogen) atoms. The molecule has 0 saturated heterocycles. The Kier molecular flexibility index (Phi) is 4.67. The Morgan fingerprint density at radius 1 is 1.32 bits per heavy atom. The van der Waals surface area contributed by atoms with E-state index >= 15 is 0 Å². The number of anilines is 1. The number of sulfonamides is 1. The van der Waals surface area contributed by atoms with Crippen LogP contribution in [0.2, 0.25) is 0 Å². The largest absolute Gasteiger partial charge is 0.325 e. The molecule has 0 unspecified atom stereocenters. The number of amides is 1. The molecule has 1 rings (SSSR count). The number of primary sulfonamides is 1. The number of benzene rings is 1. The molecule has 1 aromatic rings. The van der Waals surface area contributed by atoms with E-state index in [1.165, 1.54) is 6.07 Å². The van der Waals surface area contributed by atoms with E-state index in [2.05, 4.69) is 5.32 Å². The molecule has 1 aromatic carbocycles. The first-order valence-corrected chi connectivity index (χ1v) is 7.37. The summed E-state index contributed by atoms with van der Waals surface area (Å²) in [6.45, 7) is 5.29. The van der Waals surface area contributed by atoms with Gasteiger partial charge in [0.25, 0.3) is 0 Å². The van der Waals surface area contributed by atoms with Crippen molar-refractivity contribution in [2.24, 2.45) is 16.8 Å². The number of carbonyl (C=O) groups excluding carboxylic acids is 1. The van der Waals surface area contributed by atoms with Crippen LogP contribution in [0.4, 0.5) is 5.69 Å². The van der Waals surface area contributed by atoms with Crippen LogP contribution in [0, 0.1) is 12.8 Å². The first-order chi connectivity index (χ1) is 8.62. The molecule has 0 bridgehead atoms. The topological polar surface area (TPSA) is 115 Å². The first kappa shape index (κ1) is 15.6. The van der Waals surface area contributed by atoms with E-state index in [4.69, 9.17) is 10.9 Å². The molecule has 0 spiro atoms. The van der Waals surface area contributed by atoms with Crippen molar-refractivity contribution in [1.29, 1.82) is 0 Å². The van der Waals surface area contributed by atoms with Crippen molar-refractivity contribution in [2.75, 3.05) is 5.32 Å². The maximum absolute atomic E-state index is 11.8. The first-order valence-electron chi connectivity index (χ1n) is 5.83. The summed E-state index contributed by atoms with van der Waals surface area (Å²) in [5, 5.41) is 7.68. The monoisotopic (exact) mass is 285 g/mol. The van der Waals surface area contributed by atoms with Gasteiger partial charge in [0.1, 0.15) is 0 Å². The van der Waals surface area contributed by atoms with E-state index in [1.54, 1.807) is 19.1 Å². The highest BCUT2D eigenvalue weighted by Crippen LogP contribution is 2.19. The van der Waals surface area contributed by atoms with Gasteiger partial charge in [0.05, 0.1) is 10.9 Å². The van der Waals surface area contributed by atoms with Crippen molar-refractivity contribution in [3.63, 3.8) is 0 Å². The zero-order valence-corrected chi connectivity index (χ0v) is 12.0. The second kappa shape index (κ2) is 5.68. The van der Waals surface area contributed by atoms with Crippen LogP contribution in [0.5, 0.6) is 0 Å². The van der Waals surface area contributed by atoms with Crippen LogP contribution in [-0.2, 0) is 14.8 Å². The number of hydrogen-bond donors (Lipinski definition) is 3. The fourth-order valence-corrected chi connectivity index (χ4v) is 2.32. The van der Waals surface area contributed by atoms with Gasteiger partial charge in [-0.15, -0.1) is 0 Å². The Morgan fingerprint density at radius 3 is 2.37 bits per heavy atom. The van der Waals surface area contributed by atoms with Crippen molar-refractivity contribution in [3.05, 3.63) is 23.8 Å². The molecule has 0 fully saturated rings. The molecule has 0 aromatic heterocycles. The van der Waals surface area contributed by atoms with Gasteiger partial charge in [-0.05, 0) is 30.5 Å². The lowest BCUT2D eigenvalue weighted by Gasteiger charge is -2.16. The smallest absolute Gasteiger partial charge is 0.241 e. The fourth-order valence-electron chi connectivity index (χ4n) is 1.51. The molecule has 0 heterocycles. The average molecular weight is 285 g/mol. The Bertz CT molecular complexity index is 582. The zero-order chi connectivity index (χ0) is 14.8. The van der Waals surface area contributed by atoms with Crippen molar-refractivity contribution in [3.8, 4) is 0 Å². The van der Waals surface area contributed by atoms with E-state index in [9.17, 15) is 13.2 Å². The van der Waals surface area contributed by atoms with Gasteiger partial charge in [-0.1, -0.05) is 19.9 Å². The van der Waals surface area contributed by atoms with Gasteiger partial charge in [-0.25, -0.2) is 13.6 Å². The molecule has 0 aliphatic carbocycles. The predicted octanol–water partition coefficient (Wildman–Crippen LogP) is 0.564. The van der Waals surface area contributed by atoms with Gasteiger partial charge in [0.15, 0.2) is 0 Å². The Labute approximate surface area is 113 Å². The van der Waals surface area contributed by atoms with Crippen LogP contribution in [0.3, 0.4) is 0 Å². The van der Waals surface area contributed by atoms with E-state index in [0.717, 1.165) is 0 Å². The number of nitrogens with two attached hydrogens (primary N) is 2. The molecule has 106 valence electrons. The molecule has 0 saturated carbocycles. The Balaban J connectivity index is 3.02. The van der Waals surface area contributed by atoms with Crippen LogP contribution in [0.1, 0.15) is 19.4 Å². The van der Waals surface area contributed by atoms with Gasteiger partial charge >= 0.3 is 0 Å². The highest BCUT2D eigenvalue weighted by Gasteiger charge is 2.18. The van der Waals surface area contributed by atoms with Crippen LogP contribution >= 0.6 is 0 Å². The summed E-state index contributed by atoms with van der Waals surface area (Å²) >= 11 is 0. The SMILES string of the molecule is Cc1ccc(NC(=O)[C@@H](N)C(C)C)cc1S(N)(=O)=O. The molecular weight excluding hydrogens is 266 g/mol. The van der Waals surface area contributed by atoms with Crippen molar-refractivity contribution >= 4 is 21.6 Å². The van der Waals surface area contributed by atoms with E-state index < -0.39 is 16.1 Å². The average Bonchev–Trinajstić information content (AvgIpc) is 2.28. The van der Waals surface area contributed by atoms with Crippen LogP contribution in [0.25, 0.3) is 0 Å².